The summed E-state index contributed by atoms with van der Waals surface area (Å²) < 4.78 is 54.2. The number of alkyl halides is 2. The van der Waals surface area contributed by atoms with E-state index in [1.165, 1.54) is 18.2 Å². The van der Waals surface area contributed by atoms with Crippen molar-refractivity contribution in [3.05, 3.63) is 77.5 Å². The SMILES string of the molecule is C=C(C1CNC1)N(Cc1ccc(C2=NN=C(C(F)F)C2)cc1F)c1cccc(F)c1.CC. The Morgan fingerprint density at radius 1 is 1.12 bits per heavy atom. The Morgan fingerprint density at radius 3 is 2.44 bits per heavy atom. The Bertz CT molecular complexity index is 1030. The summed E-state index contributed by atoms with van der Waals surface area (Å²) in [7, 11) is 0. The van der Waals surface area contributed by atoms with Gasteiger partial charge in [0.2, 0.25) is 0 Å². The Balaban J connectivity index is 0.00000141. The van der Waals surface area contributed by atoms with E-state index in [2.05, 4.69) is 22.1 Å². The molecule has 2 aliphatic heterocycles. The molecule has 0 spiro atoms. The van der Waals surface area contributed by atoms with Crippen LogP contribution in [0.4, 0.5) is 23.2 Å². The standard InChI is InChI=1S/C22H20F4N4.C2H6/c1-13(16-10-27-11-16)30(18-4-2-3-17(23)8-18)12-15-6-5-14(7-19(15)24)20-9-21(22(25)26)29-28-20;1-2/h2-8,16,22,27H,1,9-12H2;1-2H3. The van der Waals surface area contributed by atoms with Gasteiger partial charge in [0, 0.05) is 47.9 Å². The monoisotopic (exact) mass is 446 g/mol. The van der Waals surface area contributed by atoms with E-state index in [1.54, 1.807) is 29.2 Å². The highest BCUT2D eigenvalue weighted by Gasteiger charge is 2.26. The van der Waals surface area contributed by atoms with Crippen LogP contribution in [-0.2, 0) is 6.54 Å². The fraction of sp³-hybridized carbons (Fsp3) is 0.333. The van der Waals surface area contributed by atoms with Gasteiger partial charge in [-0.25, -0.2) is 17.6 Å². The quantitative estimate of drug-likeness (QED) is 0.567. The van der Waals surface area contributed by atoms with Crippen molar-refractivity contribution in [3.63, 3.8) is 0 Å². The third kappa shape index (κ3) is 5.24. The van der Waals surface area contributed by atoms with E-state index in [0.29, 0.717) is 22.5 Å². The number of hydrogen-bond acceptors (Lipinski definition) is 4. The first-order chi connectivity index (χ1) is 15.4. The number of hydrogen-bond donors (Lipinski definition) is 1. The van der Waals surface area contributed by atoms with Gasteiger partial charge in [0.1, 0.15) is 17.3 Å². The fourth-order valence-electron chi connectivity index (χ4n) is 3.42. The highest BCUT2D eigenvalue weighted by Crippen LogP contribution is 2.29. The van der Waals surface area contributed by atoms with E-state index >= 15 is 0 Å². The molecule has 0 aliphatic carbocycles. The van der Waals surface area contributed by atoms with Gasteiger partial charge < -0.3 is 10.2 Å². The summed E-state index contributed by atoms with van der Waals surface area (Å²) in [5, 5.41) is 10.4. The number of benzene rings is 2. The van der Waals surface area contributed by atoms with Gasteiger partial charge in [0.25, 0.3) is 6.43 Å². The average Bonchev–Trinajstić information content (AvgIpc) is 3.23. The summed E-state index contributed by atoms with van der Waals surface area (Å²) in [6.07, 6.45) is -2.78. The summed E-state index contributed by atoms with van der Waals surface area (Å²) in [6, 6.07) is 10.6. The van der Waals surface area contributed by atoms with Gasteiger partial charge in [0.05, 0.1) is 12.3 Å². The molecule has 0 amide bonds. The van der Waals surface area contributed by atoms with Crippen LogP contribution in [0.5, 0.6) is 0 Å². The molecule has 1 N–H and O–H groups in total. The van der Waals surface area contributed by atoms with Crippen molar-refractivity contribution in [2.45, 2.75) is 33.2 Å². The minimum atomic E-state index is -2.68. The lowest BCUT2D eigenvalue weighted by atomic mass is 9.97. The van der Waals surface area contributed by atoms with Crippen LogP contribution in [0.3, 0.4) is 0 Å². The lowest BCUT2D eigenvalue weighted by Gasteiger charge is -2.37. The molecule has 2 aromatic rings. The minimum Gasteiger partial charge on any atom is -0.341 e. The summed E-state index contributed by atoms with van der Waals surface area (Å²) in [6.45, 7) is 9.84. The van der Waals surface area contributed by atoms with Crippen molar-refractivity contribution in [1.82, 2.24) is 5.32 Å². The molecule has 1 fully saturated rings. The number of halogens is 4. The molecule has 170 valence electrons. The van der Waals surface area contributed by atoms with Gasteiger partial charge in [-0.3, -0.25) is 0 Å². The summed E-state index contributed by atoms with van der Waals surface area (Å²) in [5.41, 5.74) is 2.14. The zero-order chi connectivity index (χ0) is 23.3. The van der Waals surface area contributed by atoms with Crippen LogP contribution in [-0.4, -0.2) is 30.9 Å². The van der Waals surface area contributed by atoms with Gasteiger partial charge in [-0.05, 0) is 24.3 Å². The van der Waals surface area contributed by atoms with E-state index in [4.69, 9.17) is 0 Å². The van der Waals surface area contributed by atoms with Crippen molar-refractivity contribution < 1.29 is 17.6 Å². The molecule has 2 aromatic carbocycles. The molecule has 32 heavy (non-hydrogen) atoms. The van der Waals surface area contributed by atoms with Crippen molar-refractivity contribution in [2.24, 2.45) is 16.1 Å². The smallest absolute Gasteiger partial charge is 0.278 e. The number of anilines is 1. The van der Waals surface area contributed by atoms with E-state index in [0.717, 1.165) is 18.8 Å². The summed E-state index contributed by atoms with van der Waals surface area (Å²) >= 11 is 0. The first-order valence-corrected chi connectivity index (χ1v) is 10.5. The van der Waals surface area contributed by atoms with Gasteiger partial charge >= 0.3 is 0 Å². The molecule has 4 rings (SSSR count). The molecule has 0 unspecified atom stereocenters. The van der Waals surface area contributed by atoms with Gasteiger partial charge in [-0.15, -0.1) is 0 Å². The molecule has 0 bridgehead atoms. The minimum absolute atomic E-state index is 0.0998. The number of nitrogens with one attached hydrogen (secondary N) is 1. The van der Waals surface area contributed by atoms with Crippen LogP contribution < -0.4 is 10.2 Å². The van der Waals surface area contributed by atoms with E-state index in [9.17, 15) is 17.6 Å². The maximum atomic E-state index is 14.9. The lowest BCUT2D eigenvalue weighted by Crippen LogP contribution is -2.46. The van der Waals surface area contributed by atoms with Crippen LogP contribution in [0.25, 0.3) is 0 Å². The summed E-state index contributed by atoms with van der Waals surface area (Å²) in [4.78, 5) is 1.80. The molecule has 8 heteroatoms. The Morgan fingerprint density at radius 2 is 1.88 bits per heavy atom. The Hall–Kier alpha value is -3.00. The molecule has 0 radical (unpaired) electrons. The normalized spacial score (nSPS) is 15.5. The highest BCUT2D eigenvalue weighted by molar-refractivity contribution is 6.15. The van der Waals surface area contributed by atoms with Crippen LogP contribution in [0.2, 0.25) is 0 Å². The third-order valence-electron chi connectivity index (χ3n) is 5.33. The maximum absolute atomic E-state index is 14.9. The van der Waals surface area contributed by atoms with Crippen LogP contribution in [0.15, 0.2) is 64.9 Å². The van der Waals surface area contributed by atoms with Crippen molar-refractivity contribution >= 4 is 17.1 Å². The van der Waals surface area contributed by atoms with E-state index in [1.807, 2.05) is 13.8 Å². The largest absolute Gasteiger partial charge is 0.341 e. The zero-order valence-electron chi connectivity index (χ0n) is 18.1. The van der Waals surface area contributed by atoms with Crippen molar-refractivity contribution in [3.8, 4) is 0 Å². The van der Waals surface area contributed by atoms with Gasteiger partial charge in [-0.2, -0.15) is 10.2 Å². The van der Waals surface area contributed by atoms with Crippen molar-refractivity contribution in [2.75, 3.05) is 18.0 Å². The molecular weight excluding hydrogens is 420 g/mol. The highest BCUT2D eigenvalue weighted by atomic mass is 19.3. The second-order valence-corrected chi connectivity index (χ2v) is 7.33. The van der Waals surface area contributed by atoms with Crippen LogP contribution >= 0.6 is 0 Å². The van der Waals surface area contributed by atoms with Crippen LogP contribution in [0.1, 0.15) is 31.4 Å². The van der Waals surface area contributed by atoms with E-state index in [-0.39, 0.29) is 30.4 Å². The zero-order valence-corrected chi connectivity index (χ0v) is 18.1. The molecule has 0 saturated carbocycles. The average molecular weight is 446 g/mol. The maximum Gasteiger partial charge on any atom is 0.278 e. The number of nitrogens with zero attached hydrogens (tertiary/aromatic N) is 3. The molecule has 2 aliphatic rings. The first kappa shape index (κ1) is 23.7. The second kappa shape index (κ2) is 10.5. The molecule has 0 aromatic heterocycles. The predicted molar refractivity (Wildman–Crippen MR) is 120 cm³/mol. The fourth-order valence-corrected chi connectivity index (χ4v) is 3.42. The Labute approximate surface area is 185 Å². The van der Waals surface area contributed by atoms with E-state index < -0.39 is 12.2 Å². The molecule has 2 heterocycles. The summed E-state index contributed by atoms with van der Waals surface area (Å²) in [5.74, 6) is -0.697. The van der Waals surface area contributed by atoms with Crippen molar-refractivity contribution in [1.29, 1.82) is 0 Å². The Kier molecular flexibility index (Phi) is 7.80. The number of rotatable bonds is 7. The molecule has 0 atom stereocenters. The third-order valence-corrected chi connectivity index (χ3v) is 5.33. The van der Waals surface area contributed by atoms with Gasteiger partial charge in [-0.1, -0.05) is 38.6 Å². The molecule has 4 nitrogen and oxygen atoms in total. The second-order valence-electron chi connectivity index (χ2n) is 7.33. The lowest BCUT2D eigenvalue weighted by molar-refractivity contribution is 0.224. The molecular formula is C24H26F4N4. The predicted octanol–water partition coefficient (Wildman–Crippen LogP) is 5.54. The first-order valence-electron chi connectivity index (χ1n) is 10.5. The van der Waals surface area contributed by atoms with Crippen LogP contribution in [0, 0.1) is 17.6 Å². The topological polar surface area (TPSA) is 40.0 Å². The van der Waals surface area contributed by atoms with Gasteiger partial charge in [0.15, 0.2) is 0 Å². The molecule has 1 saturated heterocycles.